The number of carboxylic acid groups (broad SMARTS) is 1. The van der Waals surface area contributed by atoms with E-state index in [1.165, 1.54) is 6.07 Å². The molecule has 0 heterocycles. The zero-order chi connectivity index (χ0) is 12.0. The van der Waals surface area contributed by atoms with Crippen molar-refractivity contribution in [2.75, 3.05) is 18.5 Å². The van der Waals surface area contributed by atoms with Gasteiger partial charge < -0.3 is 15.5 Å². The molecule has 4 nitrogen and oxygen atoms in total. The maximum atomic E-state index is 10.9. The second kappa shape index (κ2) is 6.35. The smallest absolute Gasteiger partial charge is 0.337 e. The molecule has 0 saturated carbocycles. The highest BCUT2D eigenvalue weighted by atomic mass is 35.5. The van der Waals surface area contributed by atoms with E-state index in [0.717, 1.165) is 6.42 Å². The van der Waals surface area contributed by atoms with Crippen molar-refractivity contribution in [2.45, 2.75) is 12.8 Å². The molecule has 0 radical (unpaired) electrons. The Morgan fingerprint density at radius 2 is 2.12 bits per heavy atom. The average Bonchev–Trinajstić information content (AvgIpc) is 2.24. The number of unbranched alkanes of at least 4 members (excludes halogenated alkanes) is 1. The third-order valence-corrected chi connectivity index (χ3v) is 2.35. The molecule has 0 amide bonds. The number of hydrogen-bond donors (Lipinski definition) is 3. The third-order valence-electron chi connectivity index (χ3n) is 2.11. The zero-order valence-corrected chi connectivity index (χ0v) is 9.50. The number of benzene rings is 1. The van der Waals surface area contributed by atoms with Crippen LogP contribution in [-0.4, -0.2) is 29.3 Å². The fourth-order valence-corrected chi connectivity index (χ4v) is 1.48. The molecule has 5 heteroatoms. The summed E-state index contributed by atoms with van der Waals surface area (Å²) in [5, 5.41) is 21.0. The Morgan fingerprint density at radius 1 is 1.38 bits per heavy atom. The van der Waals surface area contributed by atoms with Gasteiger partial charge >= 0.3 is 5.97 Å². The van der Waals surface area contributed by atoms with Gasteiger partial charge in [-0.15, -0.1) is 0 Å². The summed E-state index contributed by atoms with van der Waals surface area (Å²) in [6.45, 7) is 0.754. The summed E-state index contributed by atoms with van der Waals surface area (Å²) in [5.74, 6) is -0.985. The van der Waals surface area contributed by atoms with Gasteiger partial charge in [-0.2, -0.15) is 0 Å². The van der Waals surface area contributed by atoms with Crippen molar-refractivity contribution >= 4 is 23.3 Å². The summed E-state index contributed by atoms with van der Waals surface area (Å²) in [6.07, 6.45) is 1.47. The molecule has 0 aliphatic rings. The molecule has 0 saturated heterocycles. The number of anilines is 1. The van der Waals surface area contributed by atoms with Crippen molar-refractivity contribution in [2.24, 2.45) is 0 Å². The van der Waals surface area contributed by atoms with Gasteiger partial charge in [-0.1, -0.05) is 11.6 Å². The Hall–Kier alpha value is -1.26. The van der Waals surface area contributed by atoms with Crippen molar-refractivity contribution in [3.63, 3.8) is 0 Å². The van der Waals surface area contributed by atoms with Crippen molar-refractivity contribution in [1.29, 1.82) is 0 Å². The number of aliphatic hydroxyl groups is 1. The fourth-order valence-electron chi connectivity index (χ4n) is 1.31. The number of aromatic carboxylic acids is 1. The van der Waals surface area contributed by atoms with Gasteiger partial charge in [0.1, 0.15) is 0 Å². The summed E-state index contributed by atoms with van der Waals surface area (Å²) in [5.41, 5.74) is 0.714. The minimum Gasteiger partial charge on any atom is -0.478 e. The maximum absolute atomic E-state index is 10.9. The van der Waals surface area contributed by atoms with Gasteiger partial charge in [0.05, 0.1) is 11.3 Å². The lowest BCUT2D eigenvalue weighted by atomic mass is 10.1. The predicted molar refractivity (Wildman–Crippen MR) is 63.2 cm³/mol. The summed E-state index contributed by atoms with van der Waals surface area (Å²) in [7, 11) is 0. The van der Waals surface area contributed by atoms with E-state index in [2.05, 4.69) is 5.32 Å². The SMILES string of the molecule is O=C(O)c1ccc(Cl)cc1NCCCCO. The molecule has 0 fully saturated rings. The highest BCUT2D eigenvalue weighted by Crippen LogP contribution is 2.21. The van der Waals surface area contributed by atoms with E-state index >= 15 is 0 Å². The molecule has 0 aromatic heterocycles. The van der Waals surface area contributed by atoms with Crippen LogP contribution in [0.5, 0.6) is 0 Å². The molecule has 16 heavy (non-hydrogen) atoms. The van der Waals surface area contributed by atoms with Crippen LogP contribution in [0.1, 0.15) is 23.2 Å². The minimum atomic E-state index is -0.985. The highest BCUT2D eigenvalue weighted by Gasteiger charge is 2.09. The first kappa shape index (κ1) is 12.8. The van der Waals surface area contributed by atoms with E-state index in [0.29, 0.717) is 23.7 Å². The highest BCUT2D eigenvalue weighted by molar-refractivity contribution is 6.31. The van der Waals surface area contributed by atoms with Gasteiger partial charge in [-0.3, -0.25) is 0 Å². The first-order valence-corrected chi connectivity index (χ1v) is 5.40. The molecule has 1 aromatic rings. The standard InChI is InChI=1S/C11H14ClNO3/c12-8-3-4-9(11(15)16)10(7-8)13-5-1-2-6-14/h3-4,7,13-14H,1-2,5-6H2,(H,15,16). The topological polar surface area (TPSA) is 69.6 Å². The van der Waals surface area contributed by atoms with Crippen LogP contribution in [-0.2, 0) is 0 Å². The van der Waals surface area contributed by atoms with Crippen LogP contribution in [0.2, 0.25) is 5.02 Å². The Labute approximate surface area is 98.9 Å². The Kier molecular flexibility index (Phi) is 5.08. The molecule has 0 unspecified atom stereocenters. The normalized spacial score (nSPS) is 10.1. The van der Waals surface area contributed by atoms with Crippen molar-refractivity contribution in [1.82, 2.24) is 0 Å². The lowest BCUT2D eigenvalue weighted by Gasteiger charge is -2.09. The first-order chi connectivity index (χ1) is 7.65. The molecule has 0 aliphatic carbocycles. The molecule has 0 spiro atoms. The molecular weight excluding hydrogens is 230 g/mol. The monoisotopic (exact) mass is 243 g/mol. The molecule has 1 rings (SSSR count). The lowest BCUT2D eigenvalue weighted by Crippen LogP contribution is -2.08. The summed E-state index contributed by atoms with van der Waals surface area (Å²) in [6, 6.07) is 4.60. The Balaban J connectivity index is 2.68. The van der Waals surface area contributed by atoms with Crippen LogP contribution in [0.25, 0.3) is 0 Å². The van der Waals surface area contributed by atoms with Gasteiger partial charge in [0.15, 0.2) is 0 Å². The second-order valence-corrected chi connectivity index (χ2v) is 3.79. The maximum Gasteiger partial charge on any atom is 0.337 e. The number of rotatable bonds is 6. The third kappa shape index (κ3) is 3.72. The molecule has 0 aliphatic heterocycles. The minimum absolute atomic E-state index is 0.142. The number of hydrogen-bond acceptors (Lipinski definition) is 3. The molecule has 0 atom stereocenters. The van der Waals surface area contributed by atoms with Crippen LogP contribution >= 0.6 is 11.6 Å². The quantitative estimate of drug-likeness (QED) is 0.670. The van der Waals surface area contributed by atoms with E-state index < -0.39 is 5.97 Å². The van der Waals surface area contributed by atoms with Crippen LogP contribution < -0.4 is 5.32 Å². The Morgan fingerprint density at radius 3 is 2.75 bits per heavy atom. The van der Waals surface area contributed by atoms with Gasteiger partial charge in [-0.05, 0) is 31.0 Å². The zero-order valence-electron chi connectivity index (χ0n) is 8.74. The molecule has 0 bridgehead atoms. The second-order valence-electron chi connectivity index (χ2n) is 3.35. The van der Waals surface area contributed by atoms with Crippen LogP contribution in [0.15, 0.2) is 18.2 Å². The van der Waals surface area contributed by atoms with E-state index in [4.69, 9.17) is 21.8 Å². The Bertz CT molecular complexity index is 368. The summed E-state index contributed by atoms with van der Waals surface area (Å²) >= 11 is 5.79. The molecule has 88 valence electrons. The van der Waals surface area contributed by atoms with E-state index in [1.54, 1.807) is 12.1 Å². The van der Waals surface area contributed by atoms with Gasteiger partial charge in [0, 0.05) is 18.2 Å². The number of carboxylic acids is 1. The summed E-state index contributed by atoms with van der Waals surface area (Å²) < 4.78 is 0. The van der Waals surface area contributed by atoms with Gasteiger partial charge in [-0.25, -0.2) is 4.79 Å². The number of carbonyl (C=O) groups is 1. The van der Waals surface area contributed by atoms with Crippen molar-refractivity contribution < 1.29 is 15.0 Å². The molecule has 1 aromatic carbocycles. The molecule has 3 N–H and O–H groups in total. The lowest BCUT2D eigenvalue weighted by molar-refractivity contribution is 0.0698. The van der Waals surface area contributed by atoms with Crippen LogP contribution in [0.3, 0.4) is 0 Å². The molecular formula is C11H14ClNO3. The number of aliphatic hydroxyl groups excluding tert-OH is 1. The summed E-state index contributed by atoms with van der Waals surface area (Å²) in [4.78, 5) is 10.9. The van der Waals surface area contributed by atoms with Crippen molar-refractivity contribution in [3.05, 3.63) is 28.8 Å². The van der Waals surface area contributed by atoms with E-state index in [1.807, 2.05) is 0 Å². The largest absolute Gasteiger partial charge is 0.478 e. The predicted octanol–water partition coefficient (Wildman–Crippen LogP) is 2.22. The van der Waals surface area contributed by atoms with Gasteiger partial charge in [0.25, 0.3) is 0 Å². The number of halogens is 1. The van der Waals surface area contributed by atoms with Gasteiger partial charge in [0.2, 0.25) is 0 Å². The van der Waals surface area contributed by atoms with Crippen molar-refractivity contribution in [3.8, 4) is 0 Å². The van der Waals surface area contributed by atoms with E-state index in [9.17, 15) is 4.79 Å². The van der Waals surface area contributed by atoms with E-state index in [-0.39, 0.29) is 12.2 Å². The number of nitrogens with one attached hydrogen (secondary N) is 1. The van der Waals surface area contributed by atoms with Crippen LogP contribution in [0, 0.1) is 0 Å². The first-order valence-electron chi connectivity index (χ1n) is 5.02. The average molecular weight is 244 g/mol. The fraction of sp³-hybridized carbons (Fsp3) is 0.364. The van der Waals surface area contributed by atoms with Crippen LogP contribution in [0.4, 0.5) is 5.69 Å².